The van der Waals surface area contributed by atoms with Crippen LogP contribution in [0, 0.1) is 0 Å². The number of nitrogens with zero attached hydrogens (tertiary/aromatic N) is 4. The Hall–Kier alpha value is -7.43. The number of para-hydroxylation sites is 2. The Morgan fingerprint density at radius 1 is 0.364 bits per heavy atom. The first-order valence-corrected chi connectivity index (χ1v) is 18.2. The van der Waals surface area contributed by atoms with E-state index in [0.29, 0.717) is 33.5 Å². The van der Waals surface area contributed by atoms with Gasteiger partial charge in [-0.1, -0.05) is 194 Å². The SMILES string of the molecule is [2H]c1c([2H])c([2H])c2c(c1[2H])c1cccc(-c3cccc(-c4ccccc4)c3)c1n2-c1nc(-c2ccc(-c3ccccc3)cc2)nc(-c2ccc(-c3ccccc3)cc2)n1. The number of fused-ring (bicyclic) bond motifs is 3. The molecular formula is C51H34N4. The van der Waals surface area contributed by atoms with E-state index in [2.05, 4.69) is 72.8 Å². The Morgan fingerprint density at radius 2 is 0.818 bits per heavy atom. The van der Waals surface area contributed by atoms with E-state index in [0.717, 1.165) is 55.6 Å². The van der Waals surface area contributed by atoms with Crippen LogP contribution in [0.15, 0.2) is 206 Å². The van der Waals surface area contributed by atoms with Crippen LogP contribution in [-0.2, 0) is 0 Å². The molecule has 0 saturated carbocycles. The zero-order valence-corrected chi connectivity index (χ0v) is 29.6. The Labute approximate surface area is 325 Å². The molecule has 0 spiro atoms. The van der Waals surface area contributed by atoms with Crippen molar-refractivity contribution in [3.8, 4) is 73.2 Å². The smallest absolute Gasteiger partial charge is 0.238 e. The van der Waals surface area contributed by atoms with E-state index in [1.807, 2.05) is 109 Å². The molecule has 0 aliphatic rings. The molecule has 10 rings (SSSR count). The Morgan fingerprint density at radius 3 is 1.40 bits per heavy atom. The lowest BCUT2D eigenvalue weighted by molar-refractivity contribution is 0.954. The fraction of sp³-hybridized carbons (Fsp3) is 0. The first kappa shape index (κ1) is 28.1. The van der Waals surface area contributed by atoms with Gasteiger partial charge in [0.25, 0.3) is 0 Å². The summed E-state index contributed by atoms with van der Waals surface area (Å²) in [6.45, 7) is 0. The third-order valence-electron chi connectivity index (χ3n) is 10.0. The Kier molecular flexibility index (Phi) is 7.08. The van der Waals surface area contributed by atoms with Crippen molar-refractivity contribution in [2.24, 2.45) is 0 Å². The van der Waals surface area contributed by atoms with E-state index in [4.69, 9.17) is 17.7 Å². The monoisotopic (exact) mass is 706 g/mol. The number of aromatic nitrogens is 4. The number of rotatable bonds is 7. The van der Waals surface area contributed by atoms with Crippen LogP contribution in [0.4, 0.5) is 0 Å². The lowest BCUT2D eigenvalue weighted by atomic mass is 9.97. The number of hydrogen-bond donors (Lipinski definition) is 0. The van der Waals surface area contributed by atoms with E-state index in [9.17, 15) is 2.74 Å². The standard InChI is InChI=1S/C51H34N4/c1-4-14-35(15-5-1)38-26-30-40(31-27-38)49-52-50(41-32-28-39(29-33-41)36-16-6-2-7-17-36)54-51(53-49)55-47-25-11-10-22-45(47)46-24-13-23-44(48(46)55)43-21-12-20-42(34-43)37-18-8-3-9-19-37/h1-34H/i10D,11D,22D,25D. The molecule has 0 amide bonds. The summed E-state index contributed by atoms with van der Waals surface area (Å²) in [4.78, 5) is 15.4. The van der Waals surface area contributed by atoms with Gasteiger partial charge in [-0.05, 0) is 51.1 Å². The predicted molar refractivity (Wildman–Crippen MR) is 227 cm³/mol. The van der Waals surface area contributed by atoms with Gasteiger partial charge in [-0.3, -0.25) is 4.57 Å². The largest absolute Gasteiger partial charge is 0.277 e. The number of hydrogen-bond acceptors (Lipinski definition) is 3. The third-order valence-corrected chi connectivity index (χ3v) is 10.0. The van der Waals surface area contributed by atoms with Gasteiger partial charge < -0.3 is 0 Å². The molecule has 0 fully saturated rings. The summed E-state index contributed by atoms with van der Waals surface area (Å²) in [5.74, 6) is 1.09. The first-order valence-electron chi connectivity index (χ1n) is 20.2. The maximum atomic E-state index is 9.33. The summed E-state index contributed by atoms with van der Waals surface area (Å²) < 4.78 is 37.8. The van der Waals surface area contributed by atoms with E-state index in [1.54, 1.807) is 4.57 Å². The molecule has 0 bridgehead atoms. The van der Waals surface area contributed by atoms with Gasteiger partial charge in [0.1, 0.15) is 0 Å². The van der Waals surface area contributed by atoms with Crippen LogP contribution in [0.2, 0.25) is 0 Å². The van der Waals surface area contributed by atoms with Gasteiger partial charge in [0.2, 0.25) is 5.95 Å². The molecule has 0 aliphatic carbocycles. The Balaban J connectivity index is 1.25. The second kappa shape index (κ2) is 13.8. The zero-order chi connectivity index (χ0) is 40.0. The maximum Gasteiger partial charge on any atom is 0.238 e. The second-order valence-corrected chi connectivity index (χ2v) is 13.4. The van der Waals surface area contributed by atoms with Gasteiger partial charge in [0.15, 0.2) is 11.6 Å². The van der Waals surface area contributed by atoms with Crippen molar-refractivity contribution < 1.29 is 5.48 Å². The van der Waals surface area contributed by atoms with Gasteiger partial charge >= 0.3 is 0 Å². The maximum absolute atomic E-state index is 9.33. The van der Waals surface area contributed by atoms with Crippen molar-refractivity contribution in [3.63, 3.8) is 0 Å². The van der Waals surface area contributed by atoms with Crippen LogP contribution >= 0.6 is 0 Å². The molecule has 2 heterocycles. The third kappa shape index (κ3) is 6.06. The normalized spacial score (nSPS) is 12.3. The fourth-order valence-electron chi connectivity index (χ4n) is 7.30. The Bertz CT molecular complexity index is 3070. The van der Waals surface area contributed by atoms with E-state index in [-0.39, 0.29) is 30.1 Å². The van der Waals surface area contributed by atoms with Crippen molar-refractivity contribution in [1.82, 2.24) is 19.5 Å². The average Bonchev–Trinajstić information content (AvgIpc) is 3.67. The van der Waals surface area contributed by atoms with Gasteiger partial charge in [-0.15, -0.1) is 0 Å². The van der Waals surface area contributed by atoms with Crippen molar-refractivity contribution in [1.29, 1.82) is 0 Å². The van der Waals surface area contributed by atoms with Crippen LogP contribution in [0.5, 0.6) is 0 Å². The summed E-state index contributed by atoms with van der Waals surface area (Å²) >= 11 is 0. The van der Waals surface area contributed by atoms with E-state index in [1.165, 1.54) is 0 Å². The van der Waals surface area contributed by atoms with E-state index < -0.39 is 0 Å². The lowest BCUT2D eigenvalue weighted by Gasteiger charge is -2.14. The van der Waals surface area contributed by atoms with Crippen molar-refractivity contribution >= 4 is 21.8 Å². The number of benzene rings is 8. The van der Waals surface area contributed by atoms with Crippen LogP contribution < -0.4 is 0 Å². The molecule has 0 saturated heterocycles. The van der Waals surface area contributed by atoms with Crippen molar-refractivity contribution in [2.75, 3.05) is 0 Å². The minimum Gasteiger partial charge on any atom is -0.277 e. The molecule has 2 aromatic heterocycles. The molecule has 0 radical (unpaired) electrons. The van der Waals surface area contributed by atoms with E-state index >= 15 is 0 Å². The van der Waals surface area contributed by atoms with Crippen LogP contribution in [0.3, 0.4) is 0 Å². The molecule has 55 heavy (non-hydrogen) atoms. The molecule has 4 heteroatoms. The fourth-order valence-corrected chi connectivity index (χ4v) is 7.30. The van der Waals surface area contributed by atoms with Gasteiger partial charge in [-0.2, -0.15) is 9.97 Å². The highest BCUT2D eigenvalue weighted by Crippen LogP contribution is 2.39. The summed E-state index contributed by atoms with van der Waals surface area (Å²) in [7, 11) is 0. The highest BCUT2D eigenvalue weighted by atomic mass is 15.2. The van der Waals surface area contributed by atoms with Crippen molar-refractivity contribution in [2.45, 2.75) is 0 Å². The summed E-state index contributed by atoms with van der Waals surface area (Å²) in [5, 5.41) is 1.06. The zero-order valence-electron chi connectivity index (χ0n) is 33.6. The highest BCUT2D eigenvalue weighted by Gasteiger charge is 2.21. The summed E-state index contributed by atoms with van der Waals surface area (Å²) in [5.41, 5.74) is 10.7. The molecule has 4 nitrogen and oxygen atoms in total. The van der Waals surface area contributed by atoms with Crippen molar-refractivity contribution in [3.05, 3.63) is 206 Å². The molecule has 258 valence electrons. The second-order valence-electron chi connectivity index (χ2n) is 13.4. The van der Waals surface area contributed by atoms with Gasteiger partial charge in [0.05, 0.1) is 16.5 Å². The predicted octanol–water partition coefficient (Wildman–Crippen LogP) is 13.0. The van der Waals surface area contributed by atoms with Gasteiger partial charge in [0, 0.05) is 27.5 Å². The van der Waals surface area contributed by atoms with Crippen LogP contribution in [0.25, 0.3) is 95.0 Å². The van der Waals surface area contributed by atoms with Crippen LogP contribution in [-0.4, -0.2) is 19.5 Å². The molecule has 10 aromatic rings. The lowest BCUT2D eigenvalue weighted by Crippen LogP contribution is -2.07. The molecule has 0 atom stereocenters. The minimum atomic E-state index is -0.332. The molecular weight excluding hydrogens is 669 g/mol. The summed E-state index contributed by atoms with van der Waals surface area (Å²) in [6.07, 6.45) is 0. The topological polar surface area (TPSA) is 43.6 Å². The first-order chi connectivity index (χ1) is 28.9. The molecule has 0 aliphatic heterocycles. The molecule has 0 N–H and O–H groups in total. The van der Waals surface area contributed by atoms with Gasteiger partial charge in [-0.25, -0.2) is 4.98 Å². The highest BCUT2D eigenvalue weighted by molar-refractivity contribution is 6.13. The average molecular weight is 707 g/mol. The quantitative estimate of drug-likeness (QED) is 0.166. The molecule has 8 aromatic carbocycles. The molecule has 0 unspecified atom stereocenters. The summed E-state index contributed by atoms with van der Waals surface area (Å²) in [6, 6.07) is 60.0. The van der Waals surface area contributed by atoms with Crippen LogP contribution in [0.1, 0.15) is 5.48 Å². The minimum absolute atomic E-state index is 0.123.